The highest BCUT2D eigenvalue weighted by Crippen LogP contribution is 2.43. The van der Waals surface area contributed by atoms with Crippen LogP contribution in [0.2, 0.25) is 0 Å². The summed E-state index contributed by atoms with van der Waals surface area (Å²) in [6.07, 6.45) is 24.1. The summed E-state index contributed by atoms with van der Waals surface area (Å²) in [5.74, 6) is -0.855. The first kappa shape index (κ1) is 39.8. The van der Waals surface area contributed by atoms with Crippen LogP contribution in [0.5, 0.6) is 0 Å². The highest BCUT2D eigenvalue weighted by Gasteiger charge is 2.25. The van der Waals surface area contributed by atoms with Gasteiger partial charge in [-0.15, -0.1) is 0 Å². The SMILES string of the molecule is CCCCCCCC/C=C/CCCCCC(=O)OC[C@@H](COP(=O)(O)OCCN)OC(=O)CCCCCCCCC. The Labute approximate surface area is 249 Å². The van der Waals surface area contributed by atoms with Gasteiger partial charge in [0.15, 0.2) is 6.10 Å². The zero-order valence-corrected chi connectivity index (χ0v) is 26.9. The molecule has 242 valence electrons. The molecule has 0 heterocycles. The van der Waals surface area contributed by atoms with Gasteiger partial charge in [0.2, 0.25) is 0 Å². The minimum Gasteiger partial charge on any atom is -0.462 e. The first-order chi connectivity index (χ1) is 19.8. The number of nitrogens with two attached hydrogens (primary N) is 1. The van der Waals surface area contributed by atoms with Crippen molar-refractivity contribution in [3.63, 3.8) is 0 Å². The van der Waals surface area contributed by atoms with Crippen LogP contribution in [0.15, 0.2) is 12.2 Å². The van der Waals surface area contributed by atoms with Crippen LogP contribution < -0.4 is 5.73 Å². The molecule has 0 aliphatic heterocycles. The lowest BCUT2D eigenvalue weighted by molar-refractivity contribution is -0.161. The quantitative estimate of drug-likeness (QED) is 0.0362. The number of ether oxygens (including phenoxy) is 2. The van der Waals surface area contributed by atoms with Gasteiger partial charge >= 0.3 is 19.8 Å². The summed E-state index contributed by atoms with van der Waals surface area (Å²) >= 11 is 0. The number of carbonyl (C=O) groups is 2. The Kier molecular flexibility index (Phi) is 28.0. The maximum absolute atomic E-state index is 12.3. The lowest BCUT2D eigenvalue weighted by Crippen LogP contribution is -2.29. The van der Waals surface area contributed by atoms with Gasteiger partial charge in [-0.3, -0.25) is 18.6 Å². The summed E-state index contributed by atoms with van der Waals surface area (Å²) in [5, 5.41) is 0. The molecule has 0 fully saturated rings. The number of unbranched alkanes of at least 4 members (excludes halogenated alkanes) is 15. The smallest absolute Gasteiger partial charge is 0.462 e. The molecule has 0 radical (unpaired) electrons. The van der Waals surface area contributed by atoms with Gasteiger partial charge in [0.1, 0.15) is 6.61 Å². The molecule has 0 amide bonds. The Morgan fingerprint density at radius 1 is 0.707 bits per heavy atom. The fourth-order valence-corrected chi connectivity index (χ4v) is 4.98. The third kappa shape index (κ3) is 28.6. The third-order valence-corrected chi connectivity index (χ3v) is 7.64. The van der Waals surface area contributed by atoms with Gasteiger partial charge < -0.3 is 20.1 Å². The number of hydrogen-bond donors (Lipinski definition) is 2. The van der Waals surface area contributed by atoms with E-state index in [9.17, 15) is 19.0 Å². The topological polar surface area (TPSA) is 134 Å². The van der Waals surface area contributed by atoms with Gasteiger partial charge in [0.05, 0.1) is 13.2 Å². The van der Waals surface area contributed by atoms with E-state index in [4.69, 9.17) is 24.3 Å². The summed E-state index contributed by atoms with van der Waals surface area (Å²) in [7, 11) is -4.35. The van der Waals surface area contributed by atoms with Gasteiger partial charge in [-0.05, 0) is 38.5 Å². The molecule has 0 saturated carbocycles. The fraction of sp³-hybridized carbons (Fsp3) is 0.871. The highest BCUT2D eigenvalue weighted by atomic mass is 31.2. The second-order valence-corrected chi connectivity index (χ2v) is 12.1. The number of phosphoric acid groups is 1. The molecule has 0 aromatic heterocycles. The first-order valence-corrected chi connectivity index (χ1v) is 17.7. The molecule has 0 aromatic rings. The normalized spacial score (nSPS) is 13.8. The fourth-order valence-electron chi connectivity index (χ4n) is 4.21. The first-order valence-electron chi connectivity index (χ1n) is 16.2. The van der Waals surface area contributed by atoms with E-state index in [1.807, 2.05) is 0 Å². The minimum absolute atomic E-state index is 0.0534. The second-order valence-electron chi connectivity index (χ2n) is 10.7. The molecule has 0 aliphatic carbocycles. The average molecular weight is 606 g/mol. The summed E-state index contributed by atoms with van der Waals surface area (Å²) in [4.78, 5) is 34.3. The van der Waals surface area contributed by atoms with Gasteiger partial charge in [-0.25, -0.2) is 4.57 Å². The van der Waals surface area contributed by atoms with Crippen molar-refractivity contribution in [1.82, 2.24) is 0 Å². The highest BCUT2D eigenvalue weighted by molar-refractivity contribution is 7.47. The Hall–Kier alpha value is -1.25. The average Bonchev–Trinajstić information content (AvgIpc) is 2.95. The van der Waals surface area contributed by atoms with Crippen LogP contribution in [0.4, 0.5) is 0 Å². The van der Waals surface area contributed by atoms with Crippen molar-refractivity contribution in [2.45, 2.75) is 148 Å². The van der Waals surface area contributed by atoms with Crippen molar-refractivity contribution in [1.29, 1.82) is 0 Å². The number of rotatable bonds is 30. The Bertz CT molecular complexity index is 704. The van der Waals surface area contributed by atoms with E-state index in [0.29, 0.717) is 12.8 Å². The zero-order chi connectivity index (χ0) is 30.4. The van der Waals surface area contributed by atoms with Gasteiger partial charge in [-0.2, -0.15) is 0 Å². The van der Waals surface area contributed by atoms with E-state index in [1.54, 1.807) is 0 Å². The Balaban J connectivity index is 4.28. The van der Waals surface area contributed by atoms with Crippen LogP contribution in [0.25, 0.3) is 0 Å². The molecule has 1 unspecified atom stereocenters. The van der Waals surface area contributed by atoms with Crippen LogP contribution in [0.1, 0.15) is 142 Å². The van der Waals surface area contributed by atoms with E-state index < -0.39 is 32.5 Å². The van der Waals surface area contributed by atoms with Crippen molar-refractivity contribution < 1.29 is 37.6 Å². The number of hydrogen-bond acceptors (Lipinski definition) is 8. The lowest BCUT2D eigenvalue weighted by Gasteiger charge is -2.19. The Morgan fingerprint density at radius 3 is 1.76 bits per heavy atom. The molecule has 0 spiro atoms. The summed E-state index contributed by atoms with van der Waals surface area (Å²) in [5.41, 5.74) is 5.30. The van der Waals surface area contributed by atoms with Crippen molar-refractivity contribution >= 4 is 19.8 Å². The molecular weight excluding hydrogens is 545 g/mol. The predicted octanol–water partition coefficient (Wildman–Crippen LogP) is 7.93. The van der Waals surface area contributed by atoms with Crippen molar-refractivity contribution in [3.05, 3.63) is 12.2 Å². The van der Waals surface area contributed by atoms with Crippen molar-refractivity contribution in [3.8, 4) is 0 Å². The van der Waals surface area contributed by atoms with Crippen LogP contribution in [-0.2, 0) is 32.7 Å². The molecule has 0 aliphatic rings. The molecule has 2 atom stereocenters. The molecule has 10 heteroatoms. The molecule has 0 saturated heterocycles. The molecular formula is C31H60NO8P. The molecule has 0 rings (SSSR count). The number of phosphoric ester groups is 1. The van der Waals surface area contributed by atoms with E-state index in [1.165, 1.54) is 57.8 Å². The standard InChI is InChI=1S/C31H60NO8P/c1-3-5-7-9-11-12-13-14-15-16-18-19-21-23-30(33)37-27-29(28-39-41(35,36)38-26-25-32)40-31(34)24-22-20-17-10-8-6-4-2/h14-15,29H,3-13,16-28,32H2,1-2H3,(H,35,36)/b15-14+/t29-/m0/s1. The van der Waals surface area contributed by atoms with Crippen LogP contribution in [0, 0.1) is 0 Å². The van der Waals surface area contributed by atoms with E-state index in [0.717, 1.165) is 44.9 Å². The van der Waals surface area contributed by atoms with Crippen molar-refractivity contribution in [2.75, 3.05) is 26.4 Å². The van der Waals surface area contributed by atoms with Gasteiger partial charge in [0.25, 0.3) is 0 Å². The molecule has 3 N–H and O–H groups in total. The summed E-state index contributed by atoms with van der Waals surface area (Å²) in [6.45, 7) is 3.62. The molecule has 0 aromatic carbocycles. The summed E-state index contributed by atoms with van der Waals surface area (Å²) < 4.78 is 32.3. The zero-order valence-electron chi connectivity index (χ0n) is 26.0. The molecule has 41 heavy (non-hydrogen) atoms. The lowest BCUT2D eigenvalue weighted by atomic mass is 10.1. The number of allylic oxidation sites excluding steroid dienone is 2. The predicted molar refractivity (Wildman–Crippen MR) is 164 cm³/mol. The largest absolute Gasteiger partial charge is 0.472 e. The minimum atomic E-state index is -4.35. The maximum Gasteiger partial charge on any atom is 0.472 e. The second kappa shape index (κ2) is 28.9. The number of esters is 2. The molecule has 9 nitrogen and oxygen atoms in total. The van der Waals surface area contributed by atoms with E-state index in [2.05, 4.69) is 26.0 Å². The van der Waals surface area contributed by atoms with E-state index in [-0.39, 0.29) is 32.6 Å². The van der Waals surface area contributed by atoms with Crippen LogP contribution in [0.3, 0.4) is 0 Å². The summed E-state index contributed by atoms with van der Waals surface area (Å²) in [6, 6.07) is 0. The van der Waals surface area contributed by atoms with Gasteiger partial charge in [0, 0.05) is 19.4 Å². The monoisotopic (exact) mass is 605 g/mol. The van der Waals surface area contributed by atoms with Crippen LogP contribution >= 0.6 is 7.82 Å². The van der Waals surface area contributed by atoms with Crippen LogP contribution in [-0.4, -0.2) is 49.3 Å². The third-order valence-electron chi connectivity index (χ3n) is 6.65. The van der Waals surface area contributed by atoms with Gasteiger partial charge in [-0.1, -0.05) is 103 Å². The van der Waals surface area contributed by atoms with E-state index >= 15 is 0 Å². The van der Waals surface area contributed by atoms with Crippen molar-refractivity contribution in [2.24, 2.45) is 5.73 Å². The maximum atomic E-state index is 12.3. The number of carbonyl (C=O) groups excluding carboxylic acids is 2. The molecule has 0 bridgehead atoms. The Morgan fingerprint density at radius 2 is 1.20 bits per heavy atom.